The molecule has 0 aromatic rings. The van der Waals surface area contributed by atoms with Crippen molar-refractivity contribution in [3.63, 3.8) is 0 Å². The largest absolute Gasteiger partial charge is 0.481 e. The van der Waals surface area contributed by atoms with Crippen LogP contribution < -0.4 is 4.72 Å². The summed E-state index contributed by atoms with van der Waals surface area (Å²) in [6.45, 7) is 1.12. The SMILES string of the molecule is CC(C#N)S(=O)(=O)NCC1(C(=O)O)CC1. The minimum Gasteiger partial charge on any atom is -0.481 e. The van der Waals surface area contributed by atoms with Crippen molar-refractivity contribution in [2.75, 3.05) is 6.54 Å². The van der Waals surface area contributed by atoms with E-state index in [-0.39, 0.29) is 6.54 Å². The Hall–Kier alpha value is -1.13. The smallest absolute Gasteiger partial charge is 0.310 e. The lowest BCUT2D eigenvalue weighted by atomic mass is 10.1. The number of carboxylic acids is 1. The number of hydrogen-bond donors (Lipinski definition) is 2. The van der Waals surface area contributed by atoms with E-state index < -0.39 is 26.7 Å². The molecular formula is C8H12N2O4S. The second kappa shape index (κ2) is 3.79. The van der Waals surface area contributed by atoms with E-state index in [1.165, 1.54) is 6.92 Å². The molecule has 84 valence electrons. The Morgan fingerprint density at radius 1 is 1.67 bits per heavy atom. The van der Waals surface area contributed by atoms with Gasteiger partial charge in [-0.25, -0.2) is 13.1 Å². The monoisotopic (exact) mass is 232 g/mol. The number of nitrogens with zero attached hydrogens (tertiary/aromatic N) is 1. The van der Waals surface area contributed by atoms with E-state index in [0.717, 1.165) is 0 Å². The topological polar surface area (TPSA) is 107 Å². The predicted octanol–water partition coefficient (Wildman–Crippen LogP) is -0.317. The highest BCUT2D eigenvalue weighted by atomic mass is 32.2. The Labute approximate surface area is 87.9 Å². The molecule has 6 nitrogen and oxygen atoms in total. The van der Waals surface area contributed by atoms with Gasteiger partial charge >= 0.3 is 5.97 Å². The van der Waals surface area contributed by atoms with Crippen LogP contribution in [0, 0.1) is 16.7 Å². The Morgan fingerprint density at radius 2 is 2.20 bits per heavy atom. The van der Waals surface area contributed by atoms with E-state index in [9.17, 15) is 13.2 Å². The molecule has 1 unspecified atom stereocenters. The van der Waals surface area contributed by atoms with Crippen LogP contribution in [0.25, 0.3) is 0 Å². The maximum atomic E-state index is 11.3. The van der Waals surface area contributed by atoms with Crippen LogP contribution in [0.2, 0.25) is 0 Å². The average Bonchev–Trinajstić information content (AvgIpc) is 2.94. The normalized spacial score (nSPS) is 20.3. The summed E-state index contributed by atoms with van der Waals surface area (Å²) in [4.78, 5) is 10.7. The van der Waals surface area contributed by atoms with Gasteiger partial charge in [-0.1, -0.05) is 0 Å². The van der Waals surface area contributed by atoms with Crippen molar-refractivity contribution in [2.45, 2.75) is 25.0 Å². The first-order valence-corrected chi connectivity index (χ1v) is 6.00. The van der Waals surface area contributed by atoms with E-state index >= 15 is 0 Å². The molecular weight excluding hydrogens is 220 g/mol. The lowest BCUT2D eigenvalue weighted by molar-refractivity contribution is -0.143. The fourth-order valence-electron chi connectivity index (χ4n) is 1.05. The molecule has 15 heavy (non-hydrogen) atoms. The Morgan fingerprint density at radius 3 is 2.53 bits per heavy atom. The lowest BCUT2D eigenvalue weighted by Gasteiger charge is -2.12. The summed E-state index contributed by atoms with van der Waals surface area (Å²) in [5.74, 6) is -0.991. The summed E-state index contributed by atoms with van der Waals surface area (Å²) < 4.78 is 24.8. The minimum absolute atomic E-state index is 0.128. The summed E-state index contributed by atoms with van der Waals surface area (Å²) in [5, 5.41) is 16.1. The molecule has 2 N–H and O–H groups in total. The Balaban J connectivity index is 2.59. The number of nitrogens with one attached hydrogen (secondary N) is 1. The van der Waals surface area contributed by atoms with Gasteiger partial charge in [0.25, 0.3) is 0 Å². The van der Waals surface area contributed by atoms with E-state index in [1.807, 2.05) is 0 Å². The van der Waals surface area contributed by atoms with Crippen molar-refractivity contribution >= 4 is 16.0 Å². The number of rotatable bonds is 5. The van der Waals surface area contributed by atoms with Crippen LogP contribution in [0.1, 0.15) is 19.8 Å². The fourth-order valence-corrected chi connectivity index (χ4v) is 1.92. The molecule has 1 rings (SSSR count). The summed E-state index contributed by atoms with van der Waals surface area (Å²) in [6.07, 6.45) is 0.956. The molecule has 0 heterocycles. The van der Waals surface area contributed by atoms with Gasteiger partial charge in [0.15, 0.2) is 5.25 Å². The third-order valence-electron chi connectivity index (χ3n) is 2.57. The molecule has 1 atom stereocenters. The van der Waals surface area contributed by atoms with E-state index in [4.69, 9.17) is 10.4 Å². The highest BCUT2D eigenvalue weighted by Gasteiger charge is 2.50. The Kier molecular flexibility index (Phi) is 3.02. The van der Waals surface area contributed by atoms with Crippen molar-refractivity contribution in [1.29, 1.82) is 5.26 Å². The molecule has 0 amide bonds. The van der Waals surface area contributed by atoms with Gasteiger partial charge in [0.05, 0.1) is 11.5 Å². The number of nitriles is 1. The third kappa shape index (κ3) is 2.46. The molecule has 0 aromatic heterocycles. The van der Waals surface area contributed by atoms with Crippen LogP contribution in [-0.4, -0.2) is 31.3 Å². The predicted molar refractivity (Wildman–Crippen MR) is 51.3 cm³/mol. The van der Waals surface area contributed by atoms with Crippen LogP contribution in [0.3, 0.4) is 0 Å². The molecule has 0 aliphatic heterocycles. The third-order valence-corrected chi connectivity index (χ3v) is 4.15. The summed E-state index contributed by atoms with van der Waals surface area (Å²) >= 11 is 0. The summed E-state index contributed by atoms with van der Waals surface area (Å²) in [7, 11) is -3.71. The highest BCUT2D eigenvalue weighted by molar-refractivity contribution is 7.90. The zero-order valence-electron chi connectivity index (χ0n) is 8.23. The summed E-state index contributed by atoms with van der Waals surface area (Å²) in [6, 6.07) is 1.59. The first-order chi connectivity index (χ1) is 6.84. The van der Waals surface area contributed by atoms with Crippen LogP contribution in [0.4, 0.5) is 0 Å². The van der Waals surface area contributed by atoms with Crippen LogP contribution >= 0.6 is 0 Å². The van der Waals surface area contributed by atoms with E-state index in [1.54, 1.807) is 6.07 Å². The molecule has 1 fully saturated rings. The van der Waals surface area contributed by atoms with Gasteiger partial charge < -0.3 is 5.11 Å². The molecule has 0 radical (unpaired) electrons. The van der Waals surface area contributed by atoms with Gasteiger partial charge in [0.1, 0.15) is 0 Å². The number of sulfonamides is 1. The first kappa shape index (κ1) is 11.9. The molecule has 7 heteroatoms. The minimum atomic E-state index is -3.71. The van der Waals surface area contributed by atoms with Crippen molar-refractivity contribution in [2.24, 2.45) is 5.41 Å². The molecule has 0 aromatic carbocycles. The van der Waals surface area contributed by atoms with Gasteiger partial charge in [0, 0.05) is 6.54 Å². The average molecular weight is 232 g/mol. The standard InChI is InChI=1S/C8H12N2O4S/c1-6(4-9)15(13,14)10-5-8(2-3-8)7(11)12/h6,10H,2-3,5H2,1H3,(H,11,12). The van der Waals surface area contributed by atoms with Crippen LogP contribution in [0.15, 0.2) is 0 Å². The molecule has 0 spiro atoms. The number of carboxylic acid groups (broad SMARTS) is 1. The fraction of sp³-hybridized carbons (Fsp3) is 0.750. The molecule has 1 aliphatic rings. The second-order valence-electron chi connectivity index (χ2n) is 3.72. The zero-order valence-corrected chi connectivity index (χ0v) is 9.04. The molecule has 0 bridgehead atoms. The zero-order chi connectivity index (χ0) is 11.7. The second-order valence-corrected chi connectivity index (χ2v) is 5.81. The highest BCUT2D eigenvalue weighted by Crippen LogP contribution is 2.45. The van der Waals surface area contributed by atoms with Crippen LogP contribution in [-0.2, 0) is 14.8 Å². The Bertz CT molecular complexity index is 405. The van der Waals surface area contributed by atoms with Crippen molar-refractivity contribution in [1.82, 2.24) is 4.72 Å². The number of aliphatic carboxylic acids is 1. The molecule has 0 saturated heterocycles. The van der Waals surface area contributed by atoms with E-state index in [2.05, 4.69) is 4.72 Å². The maximum absolute atomic E-state index is 11.3. The van der Waals surface area contributed by atoms with Gasteiger partial charge in [-0.15, -0.1) is 0 Å². The lowest BCUT2D eigenvalue weighted by Crippen LogP contribution is -2.38. The van der Waals surface area contributed by atoms with Crippen LogP contribution in [0.5, 0.6) is 0 Å². The molecule has 1 aliphatic carbocycles. The van der Waals surface area contributed by atoms with Gasteiger partial charge in [-0.2, -0.15) is 5.26 Å². The quantitative estimate of drug-likeness (QED) is 0.675. The first-order valence-electron chi connectivity index (χ1n) is 4.45. The maximum Gasteiger partial charge on any atom is 0.310 e. The molecule has 1 saturated carbocycles. The van der Waals surface area contributed by atoms with E-state index in [0.29, 0.717) is 12.8 Å². The van der Waals surface area contributed by atoms with Gasteiger partial charge in [0.2, 0.25) is 10.0 Å². The van der Waals surface area contributed by atoms with Crippen molar-refractivity contribution in [3.05, 3.63) is 0 Å². The van der Waals surface area contributed by atoms with Gasteiger partial charge in [-0.05, 0) is 19.8 Å². The number of carbonyl (C=O) groups is 1. The van der Waals surface area contributed by atoms with Crippen molar-refractivity contribution in [3.8, 4) is 6.07 Å². The number of hydrogen-bond acceptors (Lipinski definition) is 4. The van der Waals surface area contributed by atoms with Gasteiger partial charge in [-0.3, -0.25) is 4.79 Å². The van der Waals surface area contributed by atoms with Crippen molar-refractivity contribution < 1.29 is 18.3 Å². The summed E-state index contributed by atoms with van der Waals surface area (Å²) in [5.41, 5.74) is -0.942.